The molecule has 0 aromatic carbocycles. The molecule has 1 aromatic rings. The Morgan fingerprint density at radius 1 is 1.39 bits per heavy atom. The summed E-state index contributed by atoms with van der Waals surface area (Å²) in [6, 6.07) is 4.12. The maximum atomic E-state index is 11.4. The third-order valence-electron chi connectivity index (χ3n) is 3.14. The predicted octanol–water partition coefficient (Wildman–Crippen LogP) is 2.51. The third-order valence-corrected chi connectivity index (χ3v) is 4.72. The van der Waals surface area contributed by atoms with E-state index in [2.05, 4.69) is 24.8 Å². The monoisotopic (exact) mass is 286 g/mol. The van der Waals surface area contributed by atoms with E-state index in [-0.39, 0.29) is 0 Å². The molecule has 3 nitrogen and oxygen atoms in total. The number of nitrogens with zero attached hydrogens (tertiary/aromatic N) is 2. The second-order valence-corrected chi connectivity index (χ2v) is 6.85. The van der Waals surface area contributed by atoms with Crippen LogP contribution in [0.3, 0.4) is 0 Å². The highest BCUT2D eigenvalue weighted by Crippen LogP contribution is 2.22. The fourth-order valence-corrected chi connectivity index (χ4v) is 3.20. The first-order valence-corrected chi connectivity index (χ1v) is 8.29. The highest BCUT2D eigenvalue weighted by Gasteiger charge is 2.18. The molecule has 0 N–H and O–H groups in total. The number of hydrogen-bond acceptors (Lipinski definition) is 3. The van der Waals surface area contributed by atoms with Gasteiger partial charge in [-0.25, -0.2) is 4.98 Å². The molecule has 5 heteroatoms. The van der Waals surface area contributed by atoms with Gasteiger partial charge in [0.25, 0.3) is 0 Å². The molecule has 1 fully saturated rings. The SMILES string of the molecule is CC(C)c1cc(CCl)cc(N2CCS(=O)CC2)n1. The van der Waals surface area contributed by atoms with Crippen molar-refractivity contribution in [3.63, 3.8) is 0 Å². The summed E-state index contributed by atoms with van der Waals surface area (Å²) in [4.78, 5) is 6.91. The normalized spacial score (nSPS) is 17.4. The molecule has 1 aromatic heterocycles. The summed E-state index contributed by atoms with van der Waals surface area (Å²) in [7, 11) is -0.651. The molecule has 2 rings (SSSR count). The van der Waals surface area contributed by atoms with Gasteiger partial charge in [-0.1, -0.05) is 13.8 Å². The Hall–Kier alpha value is -0.610. The largest absolute Gasteiger partial charge is 0.355 e. The molecule has 0 spiro atoms. The van der Waals surface area contributed by atoms with Crippen molar-refractivity contribution in [3.8, 4) is 0 Å². The number of hydrogen-bond donors (Lipinski definition) is 0. The van der Waals surface area contributed by atoms with Gasteiger partial charge in [0.2, 0.25) is 0 Å². The van der Waals surface area contributed by atoms with E-state index in [0.717, 1.165) is 41.7 Å². The maximum Gasteiger partial charge on any atom is 0.129 e. The van der Waals surface area contributed by atoms with E-state index in [9.17, 15) is 4.21 Å². The second-order valence-electron chi connectivity index (χ2n) is 4.88. The Morgan fingerprint density at radius 3 is 2.61 bits per heavy atom. The van der Waals surface area contributed by atoms with Crippen LogP contribution in [0.25, 0.3) is 0 Å². The van der Waals surface area contributed by atoms with Gasteiger partial charge in [-0.05, 0) is 23.6 Å². The quantitative estimate of drug-likeness (QED) is 0.801. The molecule has 18 heavy (non-hydrogen) atoms. The van der Waals surface area contributed by atoms with Crippen LogP contribution < -0.4 is 4.90 Å². The van der Waals surface area contributed by atoms with Crippen LogP contribution in [-0.2, 0) is 16.7 Å². The molecule has 1 aliphatic rings. The summed E-state index contributed by atoms with van der Waals surface area (Å²) in [5.41, 5.74) is 2.19. The van der Waals surface area contributed by atoms with Gasteiger partial charge in [-0.15, -0.1) is 11.6 Å². The van der Waals surface area contributed by atoms with Crippen LogP contribution in [-0.4, -0.2) is 33.8 Å². The number of rotatable bonds is 3. The number of pyridine rings is 1. The molecule has 100 valence electrons. The van der Waals surface area contributed by atoms with Crippen molar-refractivity contribution in [2.75, 3.05) is 29.5 Å². The fraction of sp³-hybridized carbons (Fsp3) is 0.615. The Balaban J connectivity index is 2.26. The lowest BCUT2D eigenvalue weighted by molar-refractivity contribution is 0.672. The summed E-state index contributed by atoms with van der Waals surface area (Å²) in [6.45, 7) is 5.91. The van der Waals surface area contributed by atoms with E-state index in [0.29, 0.717) is 11.8 Å². The molecule has 0 amide bonds. The zero-order chi connectivity index (χ0) is 13.1. The lowest BCUT2D eigenvalue weighted by Crippen LogP contribution is -2.38. The smallest absolute Gasteiger partial charge is 0.129 e. The molecular formula is C13H19ClN2OS. The average Bonchev–Trinajstić information content (AvgIpc) is 2.39. The van der Waals surface area contributed by atoms with Crippen molar-refractivity contribution in [1.82, 2.24) is 4.98 Å². The van der Waals surface area contributed by atoms with Crippen LogP contribution in [0.2, 0.25) is 0 Å². The van der Waals surface area contributed by atoms with E-state index in [1.807, 2.05) is 6.07 Å². The van der Waals surface area contributed by atoms with Gasteiger partial charge < -0.3 is 4.90 Å². The molecular weight excluding hydrogens is 268 g/mol. The minimum absolute atomic E-state index is 0.394. The van der Waals surface area contributed by atoms with Crippen LogP contribution in [0.4, 0.5) is 5.82 Å². The molecule has 0 bridgehead atoms. The molecule has 2 heterocycles. The molecule has 0 radical (unpaired) electrons. The van der Waals surface area contributed by atoms with Crippen molar-refractivity contribution in [2.45, 2.75) is 25.6 Å². The highest BCUT2D eigenvalue weighted by molar-refractivity contribution is 7.85. The Kier molecular flexibility index (Phi) is 4.62. The maximum absolute atomic E-state index is 11.4. The van der Waals surface area contributed by atoms with Crippen molar-refractivity contribution in [2.24, 2.45) is 0 Å². The number of aromatic nitrogens is 1. The standard InChI is InChI=1S/C13H19ClN2OS/c1-10(2)12-7-11(9-14)8-13(15-12)16-3-5-18(17)6-4-16/h7-8,10H,3-6,9H2,1-2H3. The first-order chi connectivity index (χ1) is 8.60. The van der Waals surface area contributed by atoms with Gasteiger partial charge in [0.05, 0.1) is 0 Å². The van der Waals surface area contributed by atoms with E-state index in [4.69, 9.17) is 16.6 Å². The first-order valence-electron chi connectivity index (χ1n) is 6.27. The Bertz CT molecular complexity index is 441. The molecule has 1 saturated heterocycles. The molecule has 0 atom stereocenters. The van der Waals surface area contributed by atoms with Gasteiger partial charge in [-0.3, -0.25) is 4.21 Å². The zero-order valence-electron chi connectivity index (χ0n) is 10.9. The zero-order valence-corrected chi connectivity index (χ0v) is 12.4. The summed E-state index contributed by atoms with van der Waals surface area (Å²) >= 11 is 5.94. The summed E-state index contributed by atoms with van der Waals surface area (Å²) in [6.07, 6.45) is 0. The minimum atomic E-state index is -0.651. The average molecular weight is 287 g/mol. The van der Waals surface area contributed by atoms with Crippen molar-refractivity contribution < 1.29 is 4.21 Å². The van der Waals surface area contributed by atoms with E-state index in [1.54, 1.807) is 0 Å². The second kappa shape index (κ2) is 6.02. The molecule has 0 unspecified atom stereocenters. The number of halogens is 1. The van der Waals surface area contributed by atoms with Crippen LogP contribution in [0.1, 0.15) is 31.0 Å². The lowest BCUT2D eigenvalue weighted by atomic mass is 10.1. The van der Waals surface area contributed by atoms with Crippen LogP contribution >= 0.6 is 11.6 Å². The Morgan fingerprint density at radius 2 is 2.06 bits per heavy atom. The molecule has 0 aliphatic carbocycles. The van der Waals surface area contributed by atoms with Crippen LogP contribution in [0.15, 0.2) is 12.1 Å². The van der Waals surface area contributed by atoms with E-state index >= 15 is 0 Å². The summed E-state index contributed by atoms with van der Waals surface area (Å²) in [5.74, 6) is 3.36. The van der Waals surface area contributed by atoms with Gasteiger partial charge in [0, 0.05) is 47.0 Å². The Labute approximate surface area is 116 Å². The summed E-state index contributed by atoms with van der Waals surface area (Å²) in [5, 5.41) is 0. The van der Waals surface area contributed by atoms with Gasteiger partial charge >= 0.3 is 0 Å². The van der Waals surface area contributed by atoms with E-state index < -0.39 is 10.8 Å². The van der Waals surface area contributed by atoms with Gasteiger partial charge in [-0.2, -0.15) is 0 Å². The van der Waals surface area contributed by atoms with E-state index in [1.165, 1.54) is 0 Å². The van der Waals surface area contributed by atoms with Crippen molar-refractivity contribution >= 4 is 28.2 Å². The van der Waals surface area contributed by atoms with Crippen molar-refractivity contribution in [3.05, 3.63) is 23.4 Å². The van der Waals surface area contributed by atoms with Crippen LogP contribution in [0, 0.1) is 0 Å². The third kappa shape index (κ3) is 3.23. The topological polar surface area (TPSA) is 33.2 Å². The lowest BCUT2D eigenvalue weighted by Gasteiger charge is -2.28. The number of anilines is 1. The van der Waals surface area contributed by atoms with Crippen molar-refractivity contribution in [1.29, 1.82) is 0 Å². The first kappa shape index (κ1) is 13.8. The van der Waals surface area contributed by atoms with Gasteiger partial charge in [0.15, 0.2) is 0 Å². The number of alkyl halides is 1. The minimum Gasteiger partial charge on any atom is -0.355 e. The molecule has 0 saturated carbocycles. The van der Waals surface area contributed by atoms with Gasteiger partial charge in [0.1, 0.15) is 5.82 Å². The van der Waals surface area contributed by atoms with Crippen LogP contribution in [0.5, 0.6) is 0 Å². The highest BCUT2D eigenvalue weighted by atomic mass is 35.5. The fourth-order valence-electron chi connectivity index (χ4n) is 2.00. The predicted molar refractivity (Wildman–Crippen MR) is 78.0 cm³/mol. The molecule has 1 aliphatic heterocycles. The summed E-state index contributed by atoms with van der Waals surface area (Å²) < 4.78 is 11.4.